The average Bonchev–Trinajstić information content (AvgIpc) is 2.27. The molecule has 0 aromatic heterocycles. The first-order chi connectivity index (χ1) is 7.63. The Morgan fingerprint density at radius 1 is 1.25 bits per heavy atom. The third kappa shape index (κ3) is 3.96. The maximum atomic E-state index is 9.47. The molecule has 2 heteroatoms. The zero-order valence-corrected chi connectivity index (χ0v) is 10.2. The molecule has 0 amide bonds. The van der Waals surface area contributed by atoms with E-state index in [4.69, 9.17) is 0 Å². The third-order valence-corrected chi connectivity index (χ3v) is 2.33. The van der Waals surface area contributed by atoms with Gasteiger partial charge in [-0.2, -0.15) is 0 Å². The van der Waals surface area contributed by atoms with Crippen LogP contribution in [0.3, 0.4) is 0 Å². The van der Waals surface area contributed by atoms with E-state index in [1.54, 1.807) is 0 Å². The Balaban J connectivity index is 2.68. The van der Waals surface area contributed by atoms with Crippen LogP contribution in [0.4, 0.5) is 5.69 Å². The van der Waals surface area contributed by atoms with E-state index >= 15 is 0 Å². The SMILES string of the molecule is CCCC(O)C#Cc1ccc(N(C)C)cc1. The van der Waals surface area contributed by atoms with Gasteiger partial charge in [0.15, 0.2) is 0 Å². The lowest BCUT2D eigenvalue weighted by atomic mass is 10.1. The van der Waals surface area contributed by atoms with Gasteiger partial charge in [-0.25, -0.2) is 0 Å². The fourth-order valence-electron chi connectivity index (χ4n) is 1.36. The van der Waals surface area contributed by atoms with Crippen LogP contribution in [-0.2, 0) is 0 Å². The fraction of sp³-hybridized carbons (Fsp3) is 0.429. The highest BCUT2D eigenvalue weighted by Gasteiger charge is 1.96. The molecule has 0 spiro atoms. The van der Waals surface area contributed by atoms with Crippen molar-refractivity contribution in [3.63, 3.8) is 0 Å². The molecule has 1 aromatic rings. The Bertz CT molecular complexity index is 370. The highest BCUT2D eigenvalue weighted by Crippen LogP contribution is 2.11. The van der Waals surface area contributed by atoms with Crippen LogP contribution < -0.4 is 4.90 Å². The topological polar surface area (TPSA) is 23.5 Å². The molecule has 0 aliphatic rings. The van der Waals surface area contributed by atoms with Gasteiger partial charge in [-0.3, -0.25) is 0 Å². The zero-order valence-electron chi connectivity index (χ0n) is 10.2. The number of aliphatic hydroxyl groups is 1. The molecule has 0 fully saturated rings. The molecule has 1 aromatic carbocycles. The number of rotatable bonds is 3. The number of hydrogen-bond acceptors (Lipinski definition) is 2. The highest BCUT2D eigenvalue weighted by molar-refractivity contribution is 5.49. The fourth-order valence-corrected chi connectivity index (χ4v) is 1.36. The first-order valence-corrected chi connectivity index (χ1v) is 5.60. The van der Waals surface area contributed by atoms with Gasteiger partial charge in [0.05, 0.1) is 0 Å². The second-order valence-electron chi connectivity index (χ2n) is 4.02. The van der Waals surface area contributed by atoms with Gasteiger partial charge in [0.2, 0.25) is 0 Å². The summed E-state index contributed by atoms with van der Waals surface area (Å²) in [6.45, 7) is 2.04. The van der Waals surface area contributed by atoms with E-state index in [0.717, 1.165) is 24.1 Å². The van der Waals surface area contributed by atoms with Gasteiger partial charge in [-0.15, -0.1) is 0 Å². The maximum absolute atomic E-state index is 9.47. The molecule has 16 heavy (non-hydrogen) atoms. The number of aliphatic hydroxyl groups excluding tert-OH is 1. The van der Waals surface area contributed by atoms with Crippen molar-refractivity contribution in [3.05, 3.63) is 29.8 Å². The van der Waals surface area contributed by atoms with Crippen molar-refractivity contribution >= 4 is 5.69 Å². The minimum Gasteiger partial charge on any atom is -0.380 e. The van der Waals surface area contributed by atoms with Crippen molar-refractivity contribution in [3.8, 4) is 11.8 Å². The largest absolute Gasteiger partial charge is 0.380 e. The van der Waals surface area contributed by atoms with E-state index in [1.165, 1.54) is 0 Å². The summed E-state index contributed by atoms with van der Waals surface area (Å²) in [5.41, 5.74) is 2.10. The van der Waals surface area contributed by atoms with Crippen LogP contribution in [0.15, 0.2) is 24.3 Å². The zero-order chi connectivity index (χ0) is 12.0. The van der Waals surface area contributed by atoms with Crippen molar-refractivity contribution in [2.24, 2.45) is 0 Å². The molecule has 0 radical (unpaired) electrons. The lowest BCUT2D eigenvalue weighted by molar-refractivity contribution is 0.221. The summed E-state index contributed by atoms with van der Waals surface area (Å²) in [4.78, 5) is 2.04. The molecule has 0 heterocycles. The molecule has 1 unspecified atom stereocenters. The van der Waals surface area contributed by atoms with Crippen LogP contribution >= 0.6 is 0 Å². The molecule has 1 atom stereocenters. The first-order valence-electron chi connectivity index (χ1n) is 5.60. The molecule has 0 aliphatic heterocycles. The summed E-state index contributed by atoms with van der Waals surface area (Å²) in [5.74, 6) is 5.82. The molecule has 0 aliphatic carbocycles. The standard InChI is InChI=1S/C14H19NO/c1-4-5-14(16)11-8-12-6-9-13(10-7-12)15(2)3/h6-7,9-10,14,16H,4-5H2,1-3H3. The molecule has 2 nitrogen and oxygen atoms in total. The van der Waals surface area contributed by atoms with Gasteiger partial charge in [0.25, 0.3) is 0 Å². The lowest BCUT2D eigenvalue weighted by Gasteiger charge is -2.11. The van der Waals surface area contributed by atoms with Crippen LogP contribution in [0.1, 0.15) is 25.3 Å². The summed E-state index contributed by atoms with van der Waals surface area (Å²) in [5, 5.41) is 9.47. The molecule has 86 valence electrons. The van der Waals surface area contributed by atoms with E-state index in [9.17, 15) is 5.11 Å². The quantitative estimate of drug-likeness (QED) is 0.785. The Hall–Kier alpha value is -1.46. The summed E-state index contributed by atoms with van der Waals surface area (Å²) in [6.07, 6.45) is 1.19. The van der Waals surface area contributed by atoms with Gasteiger partial charge in [-0.1, -0.05) is 25.2 Å². The van der Waals surface area contributed by atoms with Crippen molar-refractivity contribution in [1.29, 1.82) is 0 Å². The normalized spacial score (nSPS) is 11.5. The first kappa shape index (κ1) is 12.6. The minimum atomic E-state index is -0.501. The van der Waals surface area contributed by atoms with Gasteiger partial charge >= 0.3 is 0 Å². The van der Waals surface area contributed by atoms with Crippen LogP contribution in [0.25, 0.3) is 0 Å². The molecule has 0 saturated carbocycles. The monoisotopic (exact) mass is 217 g/mol. The molecule has 1 rings (SSSR count). The van der Waals surface area contributed by atoms with E-state index in [0.29, 0.717) is 0 Å². The second kappa shape index (κ2) is 6.19. The Labute approximate surface area is 97.9 Å². The van der Waals surface area contributed by atoms with E-state index < -0.39 is 6.10 Å². The molecule has 1 N–H and O–H groups in total. The van der Waals surface area contributed by atoms with Gasteiger partial charge < -0.3 is 10.0 Å². The summed E-state index contributed by atoms with van der Waals surface area (Å²) in [7, 11) is 4.01. The Morgan fingerprint density at radius 3 is 2.38 bits per heavy atom. The number of anilines is 1. The van der Waals surface area contributed by atoms with Crippen molar-refractivity contribution in [2.45, 2.75) is 25.9 Å². The van der Waals surface area contributed by atoms with Crippen LogP contribution in [-0.4, -0.2) is 25.3 Å². The lowest BCUT2D eigenvalue weighted by Crippen LogP contribution is -2.08. The smallest absolute Gasteiger partial charge is 0.115 e. The Kier molecular flexibility index (Phi) is 4.88. The number of benzene rings is 1. The minimum absolute atomic E-state index is 0.501. The van der Waals surface area contributed by atoms with E-state index in [1.807, 2.05) is 50.2 Å². The van der Waals surface area contributed by atoms with Crippen LogP contribution in [0, 0.1) is 11.8 Å². The number of nitrogens with zero attached hydrogens (tertiary/aromatic N) is 1. The van der Waals surface area contributed by atoms with Crippen LogP contribution in [0.2, 0.25) is 0 Å². The predicted octanol–water partition coefficient (Wildman–Crippen LogP) is 2.27. The van der Waals surface area contributed by atoms with Gasteiger partial charge in [0.1, 0.15) is 6.10 Å². The average molecular weight is 217 g/mol. The second-order valence-corrected chi connectivity index (χ2v) is 4.02. The van der Waals surface area contributed by atoms with Gasteiger partial charge in [-0.05, 0) is 30.7 Å². The van der Waals surface area contributed by atoms with E-state index in [2.05, 4.69) is 11.8 Å². The van der Waals surface area contributed by atoms with Crippen molar-refractivity contribution in [1.82, 2.24) is 0 Å². The van der Waals surface area contributed by atoms with Crippen molar-refractivity contribution in [2.75, 3.05) is 19.0 Å². The van der Waals surface area contributed by atoms with E-state index in [-0.39, 0.29) is 0 Å². The predicted molar refractivity (Wildman–Crippen MR) is 68.6 cm³/mol. The van der Waals surface area contributed by atoms with Crippen LogP contribution in [0.5, 0.6) is 0 Å². The number of hydrogen-bond donors (Lipinski definition) is 1. The molecular formula is C14H19NO. The highest BCUT2D eigenvalue weighted by atomic mass is 16.3. The Morgan fingerprint density at radius 2 is 1.88 bits per heavy atom. The summed E-state index contributed by atoms with van der Waals surface area (Å²) >= 11 is 0. The van der Waals surface area contributed by atoms with Gasteiger partial charge in [0, 0.05) is 25.3 Å². The molecule has 0 bridgehead atoms. The maximum Gasteiger partial charge on any atom is 0.115 e. The molecular weight excluding hydrogens is 198 g/mol. The summed E-state index contributed by atoms with van der Waals surface area (Å²) in [6, 6.07) is 7.99. The summed E-state index contributed by atoms with van der Waals surface area (Å²) < 4.78 is 0. The molecule has 0 saturated heterocycles. The van der Waals surface area contributed by atoms with Crippen molar-refractivity contribution < 1.29 is 5.11 Å². The third-order valence-electron chi connectivity index (χ3n) is 2.33.